The molecule has 1 aliphatic carbocycles. The van der Waals surface area contributed by atoms with E-state index < -0.39 is 21.4 Å². The SMILES string of the molecule is CC1(C)CCC(NS(=O)(=O)c2cccc(F)c2C#N)CC1. The summed E-state index contributed by atoms with van der Waals surface area (Å²) in [6.45, 7) is 4.33. The molecule has 21 heavy (non-hydrogen) atoms. The van der Waals surface area contributed by atoms with Gasteiger partial charge in [-0.3, -0.25) is 0 Å². The Morgan fingerprint density at radius 2 is 1.95 bits per heavy atom. The monoisotopic (exact) mass is 310 g/mol. The van der Waals surface area contributed by atoms with E-state index in [-0.39, 0.29) is 16.4 Å². The molecule has 0 radical (unpaired) electrons. The molecule has 1 aromatic carbocycles. The second kappa shape index (κ2) is 5.74. The number of rotatable bonds is 3. The Balaban J connectivity index is 2.21. The summed E-state index contributed by atoms with van der Waals surface area (Å²) >= 11 is 0. The van der Waals surface area contributed by atoms with Crippen LogP contribution in [0.15, 0.2) is 23.1 Å². The summed E-state index contributed by atoms with van der Waals surface area (Å²) < 4.78 is 40.9. The highest BCUT2D eigenvalue weighted by Crippen LogP contribution is 2.35. The highest BCUT2D eigenvalue weighted by molar-refractivity contribution is 7.89. The largest absolute Gasteiger partial charge is 0.242 e. The van der Waals surface area contributed by atoms with Gasteiger partial charge in [-0.05, 0) is 43.2 Å². The van der Waals surface area contributed by atoms with Gasteiger partial charge in [0.25, 0.3) is 0 Å². The van der Waals surface area contributed by atoms with E-state index >= 15 is 0 Å². The highest BCUT2D eigenvalue weighted by atomic mass is 32.2. The van der Waals surface area contributed by atoms with E-state index in [2.05, 4.69) is 18.6 Å². The summed E-state index contributed by atoms with van der Waals surface area (Å²) in [5.41, 5.74) is -0.195. The number of nitrogens with zero attached hydrogens (tertiary/aromatic N) is 1. The summed E-state index contributed by atoms with van der Waals surface area (Å²) in [7, 11) is -3.87. The lowest BCUT2D eigenvalue weighted by Crippen LogP contribution is -2.39. The summed E-state index contributed by atoms with van der Waals surface area (Å²) in [6, 6.07) is 5.12. The van der Waals surface area contributed by atoms with Crippen molar-refractivity contribution in [1.29, 1.82) is 5.26 Å². The Hall–Kier alpha value is -1.45. The third-order valence-electron chi connectivity index (χ3n) is 4.04. The lowest BCUT2D eigenvalue weighted by Gasteiger charge is -2.34. The van der Waals surface area contributed by atoms with Crippen molar-refractivity contribution in [3.8, 4) is 6.07 Å². The van der Waals surface area contributed by atoms with Gasteiger partial charge in [0, 0.05) is 6.04 Å². The molecule has 0 bridgehead atoms. The molecule has 0 spiro atoms. The minimum atomic E-state index is -3.87. The fourth-order valence-electron chi connectivity index (χ4n) is 2.64. The molecule has 0 saturated heterocycles. The first-order valence-electron chi connectivity index (χ1n) is 6.96. The van der Waals surface area contributed by atoms with Crippen LogP contribution < -0.4 is 4.72 Å². The van der Waals surface area contributed by atoms with Gasteiger partial charge in [0.05, 0.1) is 0 Å². The van der Waals surface area contributed by atoms with Crippen molar-refractivity contribution in [1.82, 2.24) is 4.72 Å². The third kappa shape index (κ3) is 3.60. The van der Waals surface area contributed by atoms with Crippen LogP contribution >= 0.6 is 0 Å². The van der Waals surface area contributed by atoms with E-state index in [0.29, 0.717) is 0 Å². The number of nitrogens with one attached hydrogen (secondary N) is 1. The van der Waals surface area contributed by atoms with Gasteiger partial charge in [-0.1, -0.05) is 19.9 Å². The van der Waals surface area contributed by atoms with E-state index in [9.17, 15) is 12.8 Å². The van der Waals surface area contributed by atoms with Crippen LogP contribution in [0, 0.1) is 22.6 Å². The molecular formula is C15H19FN2O2S. The molecular weight excluding hydrogens is 291 g/mol. The second-order valence-corrected chi connectivity index (χ2v) is 7.97. The number of sulfonamides is 1. The number of nitriles is 1. The average molecular weight is 310 g/mol. The third-order valence-corrected chi connectivity index (χ3v) is 5.60. The van der Waals surface area contributed by atoms with E-state index in [1.54, 1.807) is 6.07 Å². The fraction of sp³-hybridized carbons (Fsp3) is 0.533. The minimum absolute atomic E-state index is 0.155. The van der Waals surface area contributed by atoms with Crippen LogP contribution in [0.3, 0.4) is 0 Å². The smallest absolute Gasteiger partial charge is 0.208 e. The summed E-state index contributed by atoms with van der Waals surface area (Å²) in [5, 5.41) is 8.95. The topological polar surface area (TPSA) is 70.0 Å². The molecule has 0 amide bonds. The van der Waals surface area contributed by atoms with Crippen LogP contribution in [0.2, 0.25) is 0 Å². The van der Waals surface area contributed by atoms with E-state index in [4.69, 9.17) is 5.26 Å². The average Bonchev–Trinajstić information content (AvgIpc) is 2.41. The maximum absolute atomic E-state index is 13.5. The minimum Gasteiger partial charge on any atom is -0.208 e. The van der Waals surface area contributed by atoms with Crippen LogP contribution in [0.1, 0.15) is 45.1 Å². The van der Waals surface area contributed by atoms with Crippen molar-refractivity contribution in [3.63, 3.8) is 0 Å². The number of hydrogen-bond donors (Lipinski definition) is 1. The molecule has 6 heteroatoms. The number of hydrogen-bond acceptors (Lipinski definition) is 3. The fourth-order valence-corrected chi connectivity index (χ4v) is 4.11. The van der Waals surface area contributed by atoms with E-state index in [1.807, 2.05) is 0 Å². The van der Waals surface area contributed by atoms with Gasteiger partial charge in [-0.15, -0.1) is 0 Å². The lowest BCUT2D eigenvalue weighted by molar-refractivity contribution is 0.218. The number of benzene rings is 1. The van der Waals surface area contributed by atoms with Crippen molar-refractivity contribution >= 4 is 10.0 Å². The molecule has 0 aliphatic heterocycles. The van der Waals surface area contributed by atoms with Crippen LogP contribution in [0.4, 0.5) is 4.39 Å². The molecule has 114 valence electrons. The molecule has 1 N–H and O–H groups in total. The molecule has 1 fully saturated rings. The van der Waals surface area contributed by atoms with Gasteiger partial charge < -0.3 is 0 Å². The van der Waals surface area contributed by atoms with Gasteiger partial charge in [0.15, 0.2) is 0 Å². The normalized spacial score (nSPS) is 19.1. The van der Waals surface area contributed by atoms with Crippen molar-refractivity contribution in [2.24, 2.45) is 5.41 Å². The van der Waals surface area contributed by atoms with Gasteiger partial charge in [0.1, 0.15) is 22.3 Å². The first kappa shape index (κ1) is 15.9. The van der Waals surface area contributed by atoms with Gasteiger partial charge in [-0.25, -0.2) is 17.5 Å². The molecule has 1 aromatic rings. The molecule has 2 rings (SSSR count). The molecule has 1 saturated carbocycles. The Kier molecular flexibility index (Phi) is 4.35. The summed E-state index contributed by atoms with van der Waals surface area (Å²) in [4.78, 5) is -0.283. The van der Waals surface area contributed by atoms with Crippen LogP contribution in [0.25, 0.3) is 0 Å². The molecule has 0 heterocycles. The van der Waals surface area contributed by atoms with Crippen LogP contribution in [-0.4, -0.2) is 14.5 Å². The lowest BCUT2D eigenvalue weighted by atomic mass is 9.76. The molecule has 0 atom stereocenters. The van der Waals surface area contributed by atoms with Gasteiger partial charge in [-0.2, -0.15) is 5.26 Å². The van der Waals surface area contributed by atoms with Crippen molar-refractivity contribution in [3.05, 3.63) is 29.6 Å². The summed E-state index contributed by atoms with van der Waals surface area (Å²) in [5.74, 6) is -0.815. The van der Waals surface area contributed by atoms with E-state index in [1.165, 1.54) is 12.1 Å². The van der Waals surface area contributed by atoms with Gasteiger partial charge in [0.2, 0.25) is 10.0 Å². The second-order valence-electron chi connectivity index (χ2n) is 6.28. The maximum Gasteiger partial charge on any atom is 0.242 e. The number of halogens is 1. The Labute approximate surface area is 125 Å². The Morgan fingerprint density at radius 1 is 1.33 bits per heavy atom. The standard InChI is InChI=1S/C15H19FN2O2S/c1-15(2)8-6-11(7-9-15)18-21(19,20)14-5-3-4-13(16)12(14)10-17/h3-5,11,18H,6-9H2,1-2H3. The molecule has 4 nitrogen and oxygen atoms in total. The highest BCUT2D eigenvalue weighted by Gasteiger charge is 2.30. The Bertz CT molecular complexity index is 667. The van der Waals surface area contributed by atoms with E-state index in [0.717, 1.165) is 31.7 Å². The van der Waals surface area contributed by atoms with Crippen molar-refractivity contribution in [2.75, 3.05) is 0 Å². The predicted molar refractivity (Wildman–Crippen MR) is 77.5 cm³/mol. The van der Waals surface area contributed by atoms with Gasteiger partial charge >= 0.3 is 0 Å². The predicted octanol–water partition coefficient (Wildman–Crippen LogP) is 2.94. The zero-order chi connectivity index (χ0) is 15.7. The first-order valence-corrected chi connectivity index (χ1v) is 8.44. The van der Waals surface area contributed by atoms with Crippen molar-refractivity contribution < 1.29 is 12.8 Å². The molecule has 0 unspecified atom stereocenters. The van der Waals surface area contributed by atoms with Crippen LogP contribution in [-0.2, 0) is 10.0 Å². The van der Waals surface area contributed by atoms with Crippen molar-refractivity contribution in [2.45, 2.75) is 50.5 Å². The molecule has 1 aliphatic rings. The summed E-state index contributed by atoms with van der Waals surface area (Å²) in [6.07, 6.45) is 3.38. The quantitative estimate of drug-likeness (QED) is 0.933. The zero-order valence-corrected chi connectivity index (χ0v) is 13.0. The first-order chi connectivity index (χ1) is 9.75. The zero-order valence-electron chi connectivity index (χ0n) is 12.2. The van der Waals surface area contributed by atoms with Crippen LogP contribution in [0.5, 0.6) is 0 Å². The molecule has 0 aromatic heterocycles. The maximum atomic E-state index is 13.5. The Morgan fingerprint density at radius 3 is 2.52 bits per heavy atom.